The third-order valence-electron chi connectivity index (χ3n) is 5.61. The number of hydrogen-bond acceptors (Lipinski definition) is 2. The molecule has 2 nitrogen and oxygen atoms in total. The summed E-state index contributed by atoms with van der Waals surface area (Å²) in [7, 11) is 0. The van der Waals surface area contributed by atoms with Crippen LogP contribution in [0.3, 0.4) is 0 Å². The lowest BCUT2D eigenvalue weighted by atomic mass is 9.77. The lowest BCUT2D eigenvalue weighted by Crippen LogP contribution is -2.44. The summed E-state index contributed by atoms with van der Waals surface area (Å²) in [5.74, 6) is 1.58. The Morgan fingerprint density at radius 2 is 2.00 bits per heavy atom. The normalized spacial score (nSPS) is 34.7. The van der Waals surface area contributed by atoms with E-state index in [1.807, 2.05) is 0 Å². The Labute approximate surface area is 128 Å². The van der Waals surface area contributed by atoms with Crippen molar-refractivity contribution in [1.82, 2.24) is 0 Å². The smallest absolute Gasteiger partial charge is 0.0896 e. The molecule has 0 bridgehead atoms. The zero-order chi connectivity index (χ0) is 14.2. The van der Waals surface area contributed by atoms with Gasteiger partial charge in [-0.05, 0) is 44.1 Å². The van der Waals surface area contributed by atoms with Gasteiger partial charge in [-0.1, -0.05) is 38.0 Å². The highest BCUT2D eigenvalue weighted by atomic mass is 16.5. The number of anilines is 1. The van der Waals surface area contributed by atoms with Gasteiger partial charge in [-0.25, -0.2) is 0 Å². The summed E-state index contributed by atoms with van der Waals surface area (Å²) in [5.41, 5.74) is 2.73. The number of benzene rings is 1. The molecule has 1 saturated heterocycles. The summed E-state index contributed by atoms with van der Waals surface area (Å²) >= 11 is 0. The molecule has 4 rings (SSSR count). The van der Waals surface area contributed by atoms with Crippen LogP contribution in [0.1, 0.15) is 63.5 Å². The number of para-hydroxylation sites is 1. The fourth-order valence-corrected chi connectivity index (χ4v) is 4.31. The van der Waals surface area contributed by atoms with E-state index in [9.17, 15) is 0 Å². The lowest BCUT2D eigenvalue weighted by molar-refractivity contribution is -0.0974. The maximum Gasteiger partial charge on any atom is 0.0896 e. The molecule has 1 aliphatic carbocycles. The van der Waals surface area contributed by atoms with Crippen LogP contribution in [0.5, 0.6) is 0 Å². The van der Waals surface area contributed by atoms with Crippen molar-refractivity contribution in [2.24, 2.45) is 11.8 Å². The number of nitrogens with one attached hydrogen (secondary N) is 1. The highest BCUT2D eigenvalue weighted by molar-refractivity contribution is 5.56. The molecule has 2 fully saturated rings. The minimum Gasteiger partial charge on any atom is -0.381 e. The van der Waals surface area contributed by atoms with Crippen molar-refractivity contribution >= 4 is 5.69 Å². The van der Waals surface area contributed by atoms with Crippen LogP contribution in [0.25, 0.3) is 0 Å². The second kappa shape index (κ2) is 5.64. The molecule has 0 amide bonds. The maximum absolute atomic E-state index is 6.59. The van der Waals surface area contributed by atoms with Crippen LogP contribution in [0.4, 0.5) is 5.69 Å². The van der Waals surface area contributed by atoms with Gasteiger partial charge in [-0.2, -0.15) is 0 Å². The number of hydrogen-bond donors (Lipinski definition) is 1. The van der Waals surface area contributed by atoms with Gasteiger partial charge in [0.1, 0.15) is 0 Å². The zero-order valence-corrected chi connectivity index (χ0v) is 13.1. The Balaban J connectivity index is 1.59. The Bertz CT molecular complexity index is 496. The SMILES string of the molecule is CCCCC1CCC2C(O1)c1ccccc1NC2C1CC1. The predicted octanol–water partition coefficient (Wildman–Crippen LogP) is 4.92. The minimum absolute atomic E-state index is 0.337. The number of fused-ring (bicyclic) bond motifs is 3. The first-order valence-corrected chi connectivity index (χ1v) is 8.87. The predicted molar refractivity (Wildman–Crippen MR) is 86.4 cm³/mol. The molecule has 1 aromatic carbocycles. The number of unbranched alkanes of at least 4 members (excludes halogenated alkanes) is 1. The third-order valence-corrected chi connectivity index (χ3v) is 5.61. The van der Waals surface area contributed by atoms with E-state index >= 15 is 0 Å². The van der Waals surface area contributed by atoms with E-state index in [-0.39, 0.29) is 0 Å². The molecule has 114 valence electrons. The fraction of sp³-hybridized carbons (Fsp3) is 0.684. The highest BCUT2D eigenvalue weighted by Crippen LogP contribution is 2.51. The zero-order valence-electron chi connectivity index (χ0n) is 13.1. The van der Waals surface area contributed by atoms with Crippen molar-refractivity contribution in [2.45, 2.75) is 70.1 Å². The van der Waals surface area contributed by atoms with E-state index < -0.39 is 0 Å². The second-order valence-electron chi connectivity index (χ2n) is 7.16. The summed E-state index contributed by atoms with van der Waals surface area (Å²) in [6.45, 7) is 2.27. The van der Waals surface area contributed by atoms with Gasteiger partial charge in [-0.3, -0.25) is 0 Å². The van der Waals surface area contributed by atoms with Crippen molar-refractivity contribution < 1.29 is 4.74 Å². The number of ether oxygens (including phenoxy) is 1. The van der Waals surface area contributed by atoms with Crippen LogP contribution < -0.4 is 5.32 Å². The van der Waals surface area contributed by atoms with Crippen molar-refractivity contribution in [3.63, 3.8) is 0 Å². The summed E-state index contributed by atoms with van der Waals surface area (Å²) < 4.78 is 6.59. The molecule has 2 heterocycles. The van der Waals surface area contributed by atoms with Gasteiger partial charge < -0.3 is 10.1 Å². The monoisotopic (exact) mass is 285 g/mol. The van der Waals surface area contributed by atoms with Crippen LogP contribution in [-0.2, 0) is 4.74 Å². The first-order chi connectivity index (χ1) is 10.4. The molecule has 1 N–H and O–H groups in total. The largest absolute Gasteiger partial charge is 0.381 e. The van der Waals surface area contributed by atoms with Crippen LogP contribution in [0.2, 0.25) is 0 Å². The van der Waals surface area contributed by atoms with E-state index in [4.69, 9.17) is 4.74 Å². The molecule has 4 atom stereocenters. The molecular formula is C19H27NO. The third kappa shape index (κ3) is 2.59. The molecular weight excluding hydrogens is 258 g/mol. The van der Waals surface area contributed by atoms with Crippen LogP contribution >= 0.6 is 0 Å². The highest BCUT2D eigenvalue weighted by Gasteiger charge is 2.46. The van der Waals surface area contributed by atoms with Gasteiger partial charge in [0, 0.05) is 23.2 Å². The van der Waals surface area contributed by atoms with Crippen molar-refractivity contribution in [2.75, 3.05) is 5.32 Å². The van der Waals surface area contributed by atoms with Gasteiger partial charge in [0.2, 0.25) is 0 Å². The average Bonchev–Trinajstić information content (AvgIpc) is 3.36. The standard InChI is InChI=1S/C19H27NO/c1-2-3-6-14-11-12-16-18(13-9-10-13)20-17-8-5-4-7-15(17)19(16)21-14/h4-5,7-8,13-14,16,18-20H,2-3,6,9-12H2,1H3. The fourth-order valence-electron chi connectivity index (χ4n) is 4.31. The Kier molecular flexibility index (Phi) is 3.66. The van der Waals surface area contributed by atoms with E-state index in [2.05, 4.69) is 36.5 Å². The van der Waals surface area contributed by atoms with Crippen molar-refractivity contribution in [1.29, 1.82) is 0 Å². The summed E-state index contributed by atoms with van der Waals surface area (Å²) in [6.07, 6.45) is 10.0. The Morgan fingerprint density at radius 3 is 2.81 bits per heavy atom. The van der Waals surface area contributed by atoms with E-state index in [0.717, 1.165) is 5.92 Å². The topological polar surface area (TPSA) is 21.3 Å². The minimum atomic E-state index is 0.337. The van der Waals surface area contributed by atoms with E-state index in [0.29, 0.717) is 24.2 Å². The van der Waals surface area contributed by atoms with E-state index in [1.165, 1.54) is 56.2 Å². The molecule has 2 aliphatic heterocycles. The molecule has 3 aliphatic rings. The quantitative estimate of drug-likeness (QED) is 0.848. The van der Waals surface area contributed by atoms with E-state index in [1.54, 1.807) is 0 Å². The van der Waals surface area contributed by atoms with Gasteiger partial charge in [-0.15, -0.1) is 0 Å². The summed E-state index contributed by atoms with van der Waals surface area (Å²) in [6, 6.07) is 9.46. The first-order valence-electron chi connectivity index (χ1n) is 8.87. The van der Waals surface area contributed by atoms with Crippen LogP contribution in [-0.4, -0.2) is 12.1 Å². The van der Waals surface area contributed by atoms with Crippen molar-refractivity contribution in [3.05, 3.63) is 29.8 Å². The molecule has 0 spiro atoms. The number of rotatable bonds is 4. The molecule has 0 radical (unpaired) electrons. The summed E-state index contributed by atoms with van der Waals surface area (Å²) in [5, 5.41) is 3.84. The van der Waals surface area contributed by atoms with Gasteiger partial charge in [0.05, 0.1) is 12.2 Å². The molecule has 2 heteroatoms. The van der Waals surface area contributed by atoms with Crippen LogP contribution in [0.15, 0.2) is 24.3 Å². The molecule has 4 unspecified atom stereocenters. The van der Waals surface area contributed by atoms with Gasteiger partial charge >= 0.3 is 0 Å². The first kappa shape index (κ1) is 13.6. The van der Waals surface area contributed by atoms with Crippen LogP contribution in [0, 0.1) is 11.8 Å². The lowest BCUT2D eigenvalue weighted by Gasteiger charge is -2.46. The van der Waals surface area contributed by atoms with Gasteiger partial charge in [0.15, 0.2) is 0 Å². The Hall–Kier alpha value is -1.02. The van der Waals surface area contributed by atoms with Crippen molar-refractivity contribution in [3.8, 4) is 0 Å². The molecule has 1 saturated carbocycles. The average molecular weight is 285 g/mol. The molecule has 21 heavy (non-hydrogen) atoms. The molecule has 0 aromatic heterocycles. The summed E-state index contributed by atoms with van der Waals surface area (Å²) in [4.78, 5) is 0. The Morgan fingerprint density at radius 1 is 1.14 bits per heavy atom. The molecule has 1 aromatic rings. The van der Waals surface area contributed by atoms with Gasteiger partial charge in [0.25, 0.3) is 0 Å². The second-order valence-corrected chi connectivity index (χ2v) is 7.16. The maximum atomic E-state index is 6.59.